The zero-order chi connectivity index (χ0) is 31.4. The van der Waals surface area contributed by atoms with Crippen molar-refractivity contribution in [1.82, 2.24) is 14.8 Å². The summed E-state index contributed by atoms with van der Waals surface area (Å²) in [6.45, 7) is 5.15. The molecule has 2 heterocycles. The third-order valence-electron chi connectivity index (χ3n) is 6.99. The third kappa shape index (κ3) is 6.81. The third-order valence-corrected chi connectivity index (χ3v) is 6.99. The monoisotopic (exact) mass is 599 g/mol. The van der Waals surface area contributed by atoms with Crippen LogP contribution in [0.4, 0.5) is 0 Å². The van der Waals surface area contributed by atoms with Crippen LogP contribution < -0.4 is 11.2 Å². The van der Waals surface area contributed by atoms with Gasteiger partial charge in [-0.1, -0.05) is 53.1 Å². The molecule has 0 saturated carbocycles. The highest BCUT2D eigenvalue weighted by Gasteiger charge is 2.52. The molecular weight excluding hydrogens is 570 g/mol. The SMILES string of the molecule is Cc1ccc(C(=O)OC[C@@H]2O[C@H](n3ncc(=O)[nH]c3=O)[C@@H](OC(=O)c3ccc(C)cc3)[C@H]2OC(=O)c2ccc(C)cc2)cc1. The Morgan fingerprint density at radius 1 is 0.727 bits per heavy atom. The van der Waals surface area contributed by atoms with E-state index in [0.717, 1.165) is 27.6 Å². The number of carbonyl (C=O) groups is 3. The fourth-order valence-corrected chi connectivity index (χ4v) is 4.54. The summed E-state index contributed by atoms with van der Waals surface area (Å²) in [5.41, 5.74) is 1.73. The summed E-state index contributed by atoms with van der Waals surface area (Å²) in [5, 5.41) is 3.86. The first-order valence-corrected chi connectivity index (χ1v) is 13.7. The zero-order valence-corrected chi connectivity index (χ0v) is 24.1. The lowest BCUT2D eigenvalue weighted by molar-refractivity contribution is -0.0699. The molecule has 226 valence electrons. The minimum Gasteiger partial charge on any atom is -0.459 e. The van der Waals surface area contributed by atoms with E-state index in [4.69, 9.17) is 18.9 Å². The summed E-state index contributed by atoms with van der Waals surface area (Å²) in [5.74, 6) is -2.24. The second-order valence-electron chi connectivity index (χ2n) is 10.4. The minimum absolute atomic E-state index is 0.189. The summed E-state index contributed by atoms with van der Waals surface area (Å²) in [7, 11) is 0. The Labute approximate surface area is 251 Å². The number of aromatic amines is 1. The number of esters is 3. The molecule has 12 nitrogen and oxygen atoms in total. The lowest BCUT2D eigenvalue weighted by Crippen LogP contribution is -2.43. The smallest absolute Gasteiger partial charge is 0.347 e. The van der Waals surface area contributed by atoms with E-state index in [-0.39, 0.29) is 16.7 Å². The first-order valence-electron chi connectivity index (χ1n) is 13.7. The van der Waals surface area contributed by atoms with Crippen LogP contribution in [-0.2, 0) is 18.9 Å². The van der Waals surface area contributed by atoms with Crippen molar-refractivity contribution in [3.8, 4) is 0 Å². The number of hydrogen-bond donors (Lipinski definition) is 1. The molecule has 0 bridgehead atoms. The molecule has 12 heteroatoms. The standard InChI is InChI=1S/C32H29N3O9/c1-18-4-10-21(11-5-18)29(37)41-17-24-26(43-30(38)22-12-6-19(2)7-13-22)27(44-31(39)23-14-8-20(3)9-15-23)28(42-24)35-32(40)34-25(36)16-33-35/h4-16,24,26-28H,17H2,1-3H3,(H,34,36,40)/t24-,26-,27-,28-/m0/s1. The van der Waals surface area contributed by atoms with Crippen LogP contribution in [0.15, 0.2) is 88.6 Å². The lowest BCUT2D eigenvalue weighted by atomic mass is 10.1. The van der Waals surface area contributed by atoms with Gasteiger partial charge in [-0.2, -0.15) is 9.78 Å². The number of hydrogen-bond acceptors (Lipinski definition) is 10. The summed E-state index contributed by atoms with van der Waals surface area (Å²) in [6, 6.07) is 19.8. The van der Waals surface area contributed by atoms with Gasteiger partial charge in [-0.25, -0.2) is 19.2 Å². The van der Waals surface area contributed by atoms with Crippen molar-refractivity contribution in [3.05, 3.63) is 133 Å². The van der Waals surface area contributed by atoms with E-state index in [9.17, 15) is 24.0 Å². The molecule has 1 aliphatic heterocycles. The average molecular weight is 600 g/mol. The number of aromatic nitrogens is 3. The number of rotatable bonds is 8. The summed E-state index contributed by atoms with van der Waals surface area (Å²) >= 11 is 0. The summed E-state index contributed by atoms with van der Waals surface area (Å²) in [6.07, 6.45) is -4.64. The second kappa shape index (κ2) is 12.9. The molecule has 0 amide bonds. The average Bonchev–Trinajstić information content (AvgIpc) is 3.32. The van der Waals surface area contributed by atoms with Crippen LogP contribution in [0.3, 0.4) is 0 Å². The van der Waals surface area contributed by atoms with E-state index in [1.165, 1.54) is 0 Å². The predicted molar refractivity (Wildman–Crippen MR) is 155 cm³/mol. The van der Waals surface area contributed by atoms with Gasteiger partial charge >= 0.3 is 23.6 Å². The maximum absolute atomic E-state index is 13.3. The molecule has 1 aromatic heterocycles. The number of ether oxygens (including phenoxy) is 4. The molecule has 0 aliphatic carbocycles. The van der Waals surface area contributed by atoms with Gasteiger partial charge in [0.15, 0.2) is 18.4 Å². The van der Waals surface area contributed by atoms with E-state index in [1.54, 1.807) is 72.8 Å². The Balaban J connectivity index is 1.50. The van der Waals surface area contributed by atoms with Crippen molar-refractivity contribution >= 4 is 17.9 Å². The van der Waals surface area contributed by atoms with Gasteiger partial charge in [-0.15, -0.1) is 0 Å². The number of carbonyl (C=O) groups excluding carboxylic acids is 3. The van der Waals surface area contributed by atoms with Crippen molar-refractivity contribution in [2.24, 2.45) is 0 Å². The minimum atomic E-state index is -1.47. The van der Waals surface area contributed by atoms with Crippen LogP contribution in [0.5, 0.6) is 0 Å². The van der Waals surface area contributed by atoms with E-state index < -0.39 is 60.3 Å². The summed E-state index contributed by atoms with van der Waals surface area (Å²) < 4.78 is 24.0. The molecule has 0 radical (unpaired) electrons. The number of H-pyrrole nitrogens is 1. The highest BCUT2D eigenvalue weighted by molar-refractivity contribution is 5.91. The molecule has 44 heavy (non-hydrogen) atoms. The number of nitrogens with one attached hydrogen (secondary N) is 1. The highest BCUT2D eigenvalue weighted by atomic mass is 16.7. The van der Waals surface area contributed by atoms with E-state index in [0.29, 0.717) is 0 Å². The Hall–Kier alpha value is -5.36. The van der Waals surface area contributed by atoms with Crippen molar-refractivity contribution in [2.75, 3.05) is 6.61 Å². The lowest BCUT2D eigenvalue weighted by Gasteiger charge is -2.24. The number of aryl methyl sites for hydroxylation is 3. The van der Waals surface area contributed by atoms with Crippen LogP contribution in [0.25, 0.3) is 0 Å². The molecule has 0 unspecified atom stereocenters. The molecule has 3 aromatic carbocycles. The van der Waals surface area contributed by atoms with Gasteiger partial charge in [0.2, 0.25) is 0 Å². The molecule has 4 atom stereocenters. The zero-order valence-electron chi connectivity index (χ0n) is 24.1. The van der Waals surface area contributed by atoms with E-state index in [1.807, 2.05) is 20.8 Å². The molecule has 0 spiro atoms. The maximum Gasteiger partial charge on any atom is 0.347 e. The molecular formula is C32H29N3O9. The number of nitrogens with zero attached hydrogens (tertiary/aromatic N) is 2. The van der Waals surface area contributed by atoms with E-state index >= 15 is 0 Å². The fraction of sp³-hybridized carbons (Fsp3) is 0.250. The van der Waals surface area contributed by atoms with Gasteiger partial charge in [0.25, 0.3) is 5.56 Å². The van der Waals surface area contributed by atoms with Crippen LogP contribution >= 0.6 is 0 Å². The van der Waals surface area contributed by atoms with Gasteiger partial charge in [0.05, 0.1) is 16.7 Å². The van der Waals surface area contributed by atoms with Crippen LogP contribution in [-0.4, -0.2) is 57.6 Å². The Bertz CT molecular complexity index is 1780. The first kappa shape index (κ1) is 30.1. The highest BCUT2D eigenvalue weighted by Crippen LogP contribution is 2.34. The first-order chi connectivity index (χ1) is 21.1. The summed E-state index contributed by atoms with van der Waals surface area (Å²) in [4.78, 5) is 66.0. The largest absolute Gasteiger partial charge is 0.459 e. The molecule has 1 N–H and O–H groups in total. The van der Waals surface area contributed by atoms with Gasteiger partial charge in [0, 0.05) is 0 Å². The Morgan fingerprint density at radius 2 is 1.18 bits per heavy atom. The Kier molecular flexibility index (Phi) is 8.81. The molecule has 1 saturated heterocycles. The van der Waals surface area contributed by atoms with Gasteiger partial charge < -0.3 is 18.9 Å². The fourth-order valence-electron chi connectivity index (χ4n) is 4.54. The molecule has 1 fully saturated rings. The quantitative estimate of drug-likeness (QED) is 0.236. The molecule has 4 aromatic rings. The number of benzene rings is 3. The Morgan fingerprint density at radius 3 is 1.66 bits per heavy atom. The topological polar surface area (TPSA) is 156 Å². The van der Waals surface area contributed by atoms with Crippen molar-refractivity contribution < 1.29 is 33.3 Å². The van der Waals surface area contributed by atoms with Gasteiger partial charge in [-0.3, -0.25) is 9.78 Å². The van der Waals surface area contributed by atoms with Crippen LogP contribution in [0.2, 0.25) is 0 Å². The van der Waals surface area contributed by atoms with Crippen molar-refractivity contribution in [2.45, 2.75) is 45.3 Å². The van der Waals surface area contributed by atoms with Crippen molar-refractivity contribution in [3.63, 3.8) is 0 Å². The second-order valence-corrected chi connectivity index (χ2v) is 10.4. The predicted octanol–water partition coefficient (Wildman–Crippen LogP) is 3.06. The normalized spacial score (nSPS) is 19.2. The molecule has 5 rings (SSSR count). The van der Waals surface area contributed by atoms with E-state index in [2.05, 4.69) is 10.1 Å². The maximum atomic E-state index is 13.3. The van der Waals surface area contributed by atoms with Crippen molar-refractivity contribution in [1.29, 1.82) is 0 Å². The van der Waals surface area contributed by atoms with Gasteiger partial charge in [-0.05, 0) is 57.2 Å². The molecule has 1 aliphatic rings. The van der Waals surface area contributed by atoms with Gasteiger partial charge in [0.1, 0.15) is 18.9 Å². The van der Waals surface area contributed by atoms with Crippen LogP contribution in [0.1, 0.15) is 54.0 Å². The van der Waals surface area contributed by atoms with Crippen LogP contribution in [0, 0.1) is 20.8 Å².